The van der Waals surface area contributed by atoms with E-state index in [0.717, 1.165) is 0 Å². The van der Waals surface area contributed by atoms with Crippen molar-refractivity contribution in [3.05, 3.63) is 0 Å². The van der Waals surface area contributed by atoms with Gasteiger partial charge in [0, 0.05) is 12.8 Å². The molecule has 0 aliphatic rings. The summed E-state index contributed by atoms with van der Waals surface area (Å²) in [5.74, 6) is 0.190. The molecule has 8 heavy (non-hydrogen) atoms. The standard InChI is InChI=1S/C4H7N.C2H3N/c1-4(2)3-5;1-2-3/h4H,1-2H3;1H3. The van der Waals surface area contributed by atoms with Gasteiger partial charge < -0.3 is 0 Å². The zero-order valence-corrected chi connectivity index (χ0v) is 5.47. The van der Waals surface area contributed by atoms with Crippen LogP contribution in [-0.4, -0.2) is 0 Å². The summed E-state index contributed by atoms with van der Waals surface area (Å²) in [6.45, 7) is 5.15. The van der Waals surface area contributed by atoms with Crippen molar-refractivity contribution in [1.82, 2.24) is 0 Å². The van der Waals surface area contributed by atoms with E-state index < -0.39 is 0 Å². The molecular formula is C6H10N2. The molecule has 0 amide bonds. The quantitative estimate of drug-likeness (QED) is 0.476. The molecule has 0 bridgehead atoms. The summed E-state index contributed by atoms with van der Waals surface area (Å²) in [6.07, 6.45) is 0. The molecule has 0 rings (SSSR count). The first-order valence-corrected chi connectivity index (χ1v) is 2.39. The van der Waals surface area contributed by atoms with Crippen LogP contribution in [0.4, 0.5) is 0 Å². The SMILES string of the molecule is CC#N.CC(C)C#N. The Hall–Kier alpha value is -1.02. The summed E-state index contributed by atoms with van der Waals surface area (Å²) < 4.78 is 0. The molecule has 0 aromatic rings. The minimum absolute atomic E-state index is 0.190. The van der Waals surface area contributed by atoms with Gasteiger partial charge in [0.1, 0.15) is 0 Å². The first-order valence-electron chi connectivity index (χ1n) is 2.39. The zero-order chi connectivity index (χ0) is 6.99. The van der Waals surface area contributed by atoms with Crippen LogP contribution in [0, 0.1) is 28.6 Å². The third kappa shape index (κ3) is 82.1. The topological polar surface area (TPSA) is 47.6 Å². The van der Waals surface area contributed by atoms with Crippen LogP contribution < -0.4 is 0 Å². The number of hydrogen-bond donors (Lipinski definition) is 0. The Kier molecular flexibility index (Phi) is 11.8. The minimum atomic E-state index is 0.190. The van der Waals surface area contributed by atoms with Gasteiger partial charge in [0.05, 0.1) is 12.1 Å². The van der Waals surface area contributed by atoms with Crippen LogP contribution in [0.25, 0.3) is 0 Å². The molecule has 0 aromatic carbocycles. The normalized spacial score (nSPS) is 5.75. The third-order valence-electron chi connectivity index (χ3n) is 0.258. The number of hydrogen-bond acceptors (Lipinski definition) is 2. The van der Waals surface area contributed by atoms with Crippen molar-refractivity contribution in [1.29, 1.82) is 10.5 Å². The lowest BCUT2D eigenvalue weighted by atomic mass is 10.3. The van der Waals surface area contributed by atoms with E-state index in [-0.39, 0.29) is 5.92 Å². The molecule has 0 heterocycles. The summed E-state index contributed by atoms with van der Waals surface area (Å²) in [6, 6.07) is 3.78. The maximum absolute atomic E-state index is 7.89. The van der Waals surface area contributed by atoms with Crippen molar-refractivity contribution in [2.75, 3.05) is 0 Å². The van der Waals surface area contributed by atoms with E-state index in [1.807, 2.05) is 19.9 Å². The minimum Gasteiger partial charge on any atom is -0.199 e. The Balaban J connectivity index is 0. The summed E-state index contributed by atoms with van der Waals surface area (Å²) in [5, 5.41) is 15.2. The van der Waals surface area contributed by atoms with E-state index in [1.165, 1.54) is 6.92 Å². The van der Waals surface area contributed by atoms with Crippen molar-refractivity contribution in [2.24, 2.45) is 5.92 Å². The van der Waals surface area contributed by atoms with Gasteiger partial charge in [0.15, 0.2) is 0 Å². The monoisotopic (exact) mass is 110 g/mol. The van der Waals surface area contributed by atoms with E-state index in [4.69, 9.17) is 10.5 Å². The highest BCUT2D eigenvalue weighted by Crippen LogP contribution is 1.81. The summed E-state index contributed by atoms with van der Waals surface area (Å²) in [7, 11) is 0. The average molecular weight is 110 g/mol. The first kappa shape index (κ1) is 10.1. The Morgan fingerprint density at radius 1 is 1.25 bits per heavy atom. The predicted molar refractivity (Wildman–Crippen MR) is 31.7 cm³/mol. The van der Waals surface area contributed by atoms with Crippen molar-refractivity contribution in [3.8, 4) is 12.1 Å². The molecule has 2 nitrogen and oxygen atoms in total. The maximum Gasteiger partial charge on any atom is 0.0649 e. The van der Waals surface area contributed by atoms with E-state index in [9.17, 15) is 0 Å². The molecule has 0 saturated heterocycles. The van der Waals surface area contributed by atoms with Gasteiger partial charge in [-0.25, -0.2) is 0 Å². The second kappa shape index (κ2) is 9.36. The van der Waals surface area contributed by atoms with E-state index >= 15 is 0 Å². The highest BCUT2D eigenvalue weighted by Gasteiger charge is 1.78. The number of rotatable bonds is 0. The van der Waals surface area contributed by atoms with E-state index in [0.29, 0.717) is 0 Å². The average Bonchev–Trinajstić information content (AvgIpc) is 1.69. The number of nitrogens with zero attached hydrogens (tertiary/aromatic N) is 2. The molecule has 2 heteroatoms. The van der Waals surface area contributed by atoms with Crippen LogP contribution in [-0.2, 0) is 0 Å². The third-order valence-corrected chi connectivity index (χ3v) is 0.258. The van der Waals surface area contributed by atoms with Crippen molar-refractivity contribution in [2.45, 2.75) is 20.8 Å². The second-order valence-corrected chi connectivity index (χ2v) is 1.51. The van der Waals surface area contributed by atoms with Gasteiger partial charge in [-0.15, -0.1) is 0 Å². The Bertz CT molecular complexity index is 103. The largest absolute Gasteiger partial charge is 0.199 e. The van der Waals surface area contributed by atoms with Crippen molar-refractivity contribution < 1.29 is 0 Å². The van der Waals surface area contributed by atoms with Crippen LogP contribution in [0.3, 0.4) is 0 Å². The van der Waals surface area contributed by atoms with E-state index in [1.54, 1.807) is 6.07 Å². The van der Waals surface area contributed by atoms with Crippen molar-refractivity contribution >= 4 is 0 Å². The lowest BCUT2D eigenvalue weighted by molar-refractivity contribution is 0.849. The maximum atomic E-state index is 7.89. The molecule has 44 valence electrons. The smallest absolute Gasteiger partial charge is 0.0649 e. The molecule has 0 aliphatic carbocycles. The van der Waals surface area contributed by atoms with Crippen molar-refractivity contribution in [3.63, 3.8) is 0 Å². The molecule has 0 fully saturated rings. The lowest BCUT2D eigenvalue weighted by Gasteiger charge is -1.75. The van der Waals surface area contributed by atoms with Gasteiger partial charge in [-0.1, -0.05) is 0 Å². The number of nitriles is 2. The summed E-state index contributed by atoms with van der Waals surface area (Å²) >= 11 is 0. The fourth-order valence-corrected chi connectivity index (χ4v) is 0. The molecule has 0 atom stereocenters. The first-order chi connectivity index (χ1) is 3.68. The Labute approximate surface area is 50.4 Å². The van der Waals surface area contributed by atoms with Gasteiger partial charge in [-0.2, -0.15) is 10.5 Å². The molecule has 0 saturated carbocycles. The summed E-state index contributed by atoms with van der Waals surface area (Å²) in [5.41, 5.74) is 0. The lowest BCUT2D eigenvalue weighted by Crippen LogP contribution is -1.72. The molecule has 0 spiro atoms. The van der Waals surface area contributed by atoms with Crippen LogP contribution in [0.15, 0.2) is 0 Å². The fourth-order valence-electron chi connectivity index (χ4n) is 0. The summed E-state index contributed by atoms with van der Waals surface area (Å²) in [4.78, 5) is 0. The highest BCUT2D eigenvalue weighted by molar-refractivity contribution is 4.72. The zero-order valence-electron chi connectivity index (χ0n) is 5.47. The highest BCUT2D eigenvalue weighted by atomic mass is 14.2. The van der Waals surface area contributed by atoms with Gasteiger partial charge in [-0.05, 0) is 13.8 Å². The van der Waals surface area contributed by atoms with Crippen LogP contribution >= 0.6 is 0 Å². The van der Waals surface area contributed by atoms with Gasteiger partial charge in [0.25, 0.3) is 0 Å². The molecule has 0 aliphatic heterocycles. The Morgan fingerprint density at radius 2 is 1.38 bits per heavy atom. The molecule has 0 aromatic heterocycles. The predicted octanol–water partition coefficient (Wildman–Crippen LogP) is 1.70. The second-order valence-electron chi connectivity index (χ2n) is 1.51. The van der Waals surface area contributed by atoms with E-state index in [2.05, 4.69) is 0 Å². The molecular weight excluding hydrogens is 100 g/mol. The van der Waals surface area contributed by atoms with Gasteiger partial charge in [0.2, 0.25) is 0 Å². The van der Waals surface area contributed by atoms with Crippen LogP contribution in [0.2, 0.25) is 0 Å². The van der Waals surface area contributed by atoms with Gasteiger partial charge in [-0.3, -0.25) is 0 Å². The van der Waals surface area contributed by atoms with Gasteiger partial charge >= 0.3 is 0 Å². The molecule has 0 radical (unpaired) electrons. The van der Waals surface area contributed by atoms with Crippen LogP contribution in [0.1, 0.15) is 20.8 Å². The molecule has 0 unspecified atom stereocenters. The Morgan fingerprint density at radius 3 is 1.38 bits per heavy atom. The molecule has 0 N–H and O–H groups in total. The van der Waals surface area contributed by atoms with Crippen LogP contribution in [0.5, 0.6) is 0 Å². The fraction of sp³-hybridized carbons (Fsp3) is 0.667.